The van der Waals surface area contributed by atoms with Gasteiger partial charge in [0.15, 0.2) is 11.4 Å². The Balaban J connectivity index is 2.07. The van der Waals surface area contributed by atoms with Gasteiger partial charge in [0.05, 0.1) is 31.4 Å². The smallest absolute Gasteiger partial charge is 0.394 e. The minimum atomic E-state index is -4.56. The molecule has 1 heterocycles. The number of nitrogens with one attached hydrogen (secondary N) is 2. The van der Waals surface area contributed by atoms with Gasteiger partial charge in [-0.2, -0.15) is 13.2 Å². The predicted molar refractivity (Wildman–Crippen MR) is 102 cm³/mol. The summed E-state index contributed by atoms with van der Waals surface area (Å²) in [7, 11) is 0. The number of Topliss-reactive ketones (excluding diaryl/α,β-unsaturated/α-hetero) is 1. The van der Waals surface area contributed by atoms with Crippen LogP contribution in [-0.4, -0.2) is 65.3 Å². The van der Waals surface area contributed by atoms with Crippen LogP contribution in [0.5, 0.6) is 0 Å². The topological polar surface area (TPSA) is 128 Å². The first-order chi connectivity index (χ1) is 14.4. The van der Waals surface area contributed by atoms with Crippen LogP contribution in [0, 0.1) is 5.92 Å². The lowest BCUT2D eigenvalue weighted by atomic mass is 9.92. The summed E-state index contributed by atoms with van der Waals surface area (Å²) in [4.78, 5) is 37.5. The number of ketones is 1. The molecule has 0 bridgehead atoms. The van der Waals surface area contributed by atoms with Crippen LogP contribution in [0.1, 0.15) is 36.2 Å². The fourth-order valence-corrected chi connectivity index (χ4v) is 2.94. The van der Waals surface area contributed by atoms with Crippen LogP contribution < -0.4 is 10.6 Å². The summed E-state index contributed by atoms with van der Waals surface area (Å²) in [6, 6.07) is 0.895. The highest BCUT2D eigenvalue weighted by Crippen LogP contribution is 2.30. The van der Waals surface area contributed by atoms with Crippen LogP contribution in [0.4, 0.5) is 13.2 Å². The molecule has 31 heavy (non-hydrogen) atoms. The highest BCUT2D eigenvalue weighted by Gasteiger charge is 2.54. The van der Waals surface area contributed by atoms with Crippen molar-refractivity contribution in [1.82, 2.24) is 10.6 Å². The van der Waals surface area contributed by atoms with E-state index in [1.807, 2.05) is 13.8 Å². The number of halogens is 3. The fraction of sp³-hybridized carbons (Fsp3) is 0.550. The lowest BCUT2D eigenvalue weighted by Gasteiger charge is -2.24. The lowest BCUT2D eigenvalue weighted by Crippen LogP contribution is -2.55. The van der Waals surface area contributed by atoms with E-state index in [1.165, 1.54) is 0 Å². The van der Waals surface area contributed by atoms with E-state index < -0.39 is 60.2 Å². The molecule has 0 saturated carbocycles. The van der Waals surface area contributed by atoms with Gasteiger partial charge in [0.2, 0.25) is 5.91 Å². The highest BCUT2D eigenvalue weighted by molar-refractivity contribution is 6.00. The van der Waals surface area contributed by atoms with E-state index in [2.05, 4.69) is 10.6 Å². The van der Waals surface area contributed by atoms with E-state index in [0.717, 1.165) is 24.3 Å². The van der Waals surface area contributed by atoms with E-state index in [0.29, 0.717) is 0 Å². The Morgan fingerprint density at radius 2 is 1.68 bits per heavy atom. The Morgan fingerprint density at radius 1 is 1.10 bits per heavy atom. The number of carbonyl (C=O) groups is 3. The Labute approximate surface area is 176 Å². The molecule has 172 valence electrons. The quantitative estimate of drug-likeness (QED) is 0.391. The number of amides is 2. The standard InChI is InChI=1S/C20H25F3N2O6/c1-11(2)7-14(16(28)19(9-27)10-31-19)24-18(30)15(8-26)25-17(29)12-3-5-13(6-4-12)20(21,22)23/h3-6,11,14-15,26-27H,7-10H2,1-2H3,(H,24,30)(H,25,29)/t14-,15-,19+/m0/s1. The maximum Gasteiger partial charge on any atom is 0.416 e. The number of alkyl halides is 3. The van der Waals surface area contributed by atoms with Gasteiger partial charge in [-0.05, 0) is 36.6 Å². The summed E-state index contributed by atoms with van der Waals surface area (Å²) in [5.41, 5.74) is -2.43. The Kier molecular flexibility index (Phi) is 7.79. The highest BCUT2D eigenvalue weighted by atomic mass is 19.4. The van der Waals surface area contributed by atoms with Crippen LogP contribution in [0.15, 0.2) is 24.3 Å². The van der Waals surface area contributed by atoms with Crippen molar-refractivity contribution in [3.05, 3.63) is 35.4 Å². The molecule has 1 aromatic carbocycles. The molecular weight excluding hydrogens is 421 g/mol. The maximum absolute atomic E-state index is 12.7. The second-order valence-corrected chi connectivity index (χ2v) is 7.78. The number of hydrogen-bond acceptors (Lipinski definition) is 6. The minimum Gasteiger partial charge on any atom is -0.394 e. The SMILES string of the molecule is CC(C)C[C@H](NC(=O)[C@H](CO)NC(=O)c1ccc(C(F)(F)F)cc1)C(=O)[C@@]1(CO)CO1. The molecule has 1 aliphatic heterocycles. The van der Waals surface area contributed by atoms with Gasteiger partial charge < -0.3 is 25.6 Å². The van der Waals surface area contributed by atoms with Gasteiger partial charge in [-0.25, -0.2) is 0 Å². The second-order valence-electron chi connectivity index (χ2n) is 7.78. The van der Waals surface area contributed by atoms with Crippen LogP contribution in [0.2, 0.25) is 0 Å². The van der Waals surface area contributed by atoms with Crippen LogP contribution in [0.25, 0.3) is 0 Å². The number of aliphatic hydroxyl groups excluding tert-OH is 2. The summed E-state index contributed by atoms with van der Waals surface area (Å²) < 4.78 is 43.0. The van der Waals surface area contributed by atoms with Gasteiger partial charge in [0.25, 0.3) is 5.91 Å². The van der Waals surface area contributed by atoms with Crippen molar-refractivity contribution in [3.8, 4) is 0 Å². The van der Waals surface area contributed by atoms with E-state index in [-0.39, 0.29) is 24.5 Å². The van der Waals surface area contributed by atoms with E-state index in [9.17, 15) is 37.8 Å². The van der Waals surface area contributed by atoms with E-state index in [1.54, 1.807) is 0 Å². The number of ether oxygens (including phenoxy) is 1. The zero-order chi connectivity index (χ0) is 23.4. The molecule has 1 aromatic rings. The van der Waals surface area contributed by atoms with E-state index in [4.69, 9.17) is 4.74 Å². The molecule has 0 aromatic heterocycles. The zero-order valence-corrected chi connectivity index (χ0v) is 17.0. The molecule has 3 atom stereocenters. The van der Waals surface area contributed by atoms with E-state index >= 15 is 0 Å². The summed E-state index contributed by atoms with van der Waals surface area (Å²) in [5.74, 6) is -2.23. The van der Waals surface area contributed by atoms with Crippen molar-refractivity contribution < 1.29 is 42.5 Å². The van der Waals surface area contributed by atoms with Crippen molar-refractivity contribution in [3.63, 3.8) is 0 Å². The lowest BCUT2D eigenvalue weighted by molar-refractivity contribution is -0.137. The number of benzene rings is 1. The molecule has 1 saturated heterocycles. The number of rotatable bonds is 10. The molecule has 0 radical (unpaired) electrons. The third-order valence-electron chi connectivity index (χ3n) is 4.82. The molecule has 0 aliphatic carbocycles. The average Bonchev–Trinajstić information content (AvgIpc) is 3.51. The van der Waals surface area contributed by atoms with Crippen LogP contribution in [0.3, 0.4) is 0 Å². The van der Waals surface area contributed by atoms with Gasteiger partial charge in [0.1, 0.15) is 6.04 Å². The largest absolute Gasteiger partial charge is 0.416 e. The monoisotopic (exact) mass is 446 g/mol. The molecule has 8 nitrogen and oxygen atoms in total. The van der Waals surface area contributed by atoms with Gasteiger partial charge >= 0.3 is 6.18 Å². The molecule has 4 N–H and O–H groups in total. The molecule has 1 aliphatic rings. The van der Waals surface area contributed by atoms with Crippen molar-refractivity contribution in [2.24, 2.45) is 5.92 Å². The Morgan fingerprint density at radius 3 is 2.10 bits per heavy atom. The molecule has 2 rings (SSSR count). The Bertz CT molecular complexity index is 806. The number of hydrogen-bond donors (Lipinski definition) is 4. The molecule has 2 amide bonds. The first-order valence-electron chi connectivity index (χ1n) is 9.62. The fourth-order valence-electron chi connectivity index (χ4n) is 2.94. The van der Waals surface area contributed by atoms with Crippen molar-refractivity contribution >= 4 is 17.6 Å². The maximum atomic E-state index is 12.7. The van der Waals surface area contributed by atoms with Crippen molar-refractivity contribution in [2.45, 2.75) is 44.1 Å². The molecule has 11 heteroatoms. The first-order valence-corrected chi connectivity index (χ1v) is 9.62. The molecule has 0 spiro atoms. The number of carbonyl (C=O) groups excluding carboxylic acids is 3. The summed E-state index contributed by atoms with van der Waals surface area (Å²) in [6.07, 6.45) is -4.32. The minimum absolute atomic E-state index is 0.00180. The third kappa shape index (κ3) is 6.25. The van der Waals surface area contributed by atoms with Gasteiger partial charge in [0, 0.05) is 5.56 Å². The van der Waals surface area contributed by atoms with Gasteiger partial charge in [-0.3, -0.25) is 14.4 Å². The van der Waals surface area contributed by atoms with Crippen LogP contribution in [-0.2, 0) is 20.5 Å². The molecule has 0 unspecified atom stereocenters. The predicted octanol–water partition coefficient (Wildman–Crippen LogP) is 0.657. The molecule has 1 fully saturated rings. The average molecular weight is 446 g/mol. The number of epoxide rings is 1. The van der Waals surface area contributed by atoms with Crippen molar-refractivity contribution in [1.29, 1.82) is 0 Å². The van der Waals surface area contributed by atoms with Gasteiger partial charge in [-0.15, -0.1) is 0 Å². The zero-order valence-electron chi connectivity index (χ0n) is 17.0. The second kappa shape index (κ2) is 9.75. The molecular formula is C20H25F3N2O6. The summed E-state index contributed by atoms with van der Waals surface area (Å²) in [6.45, 7) is 2.33. The Hall–Kier alpha value is -2.50. The third-order valence-corrected chi connectivity index (χ3v) is 4.82. The normalized spacial score (nSPS) is 20.1. The first kappa shape index (κ1) is 24.8. The number of aliphatic hydroxyl groups is 2. The van der Waals surface area contributed by atoms with Crippen molar-refractivity contribution in [2.75, 3.05) is 19.8 Å². The van der Waals surface area contributed by atoms with Gasteiger partial charge in [-0.1, -0.05) is 13.8 Å². The summed E-state index contributed by atoms with van der Waals surface area (Å²) in [5, 5.41) is 23.6. The van der Waals surface area contributed by atoms with Crippen LogP contribution >= 0.6 is 0 Å². The summed E-state index contributed by atoms with van der Waals surface area (Å²) >= 11 is 0.